The number of aryl methyl sites for hydroxylation is 1. The van der Waals surface area contributed by atoms with Gasteiger partial charge < -0.3 is 28.7 Å². The first-order chi connectivity index (χ1) is 25.6. The molecular weight excluding hydrogens is 703 g/mol. The molecule has 1 saturated heterocycles. The molecule has 12 heteroatoms. The summed E-state index contributed by atoms with van der Waals surface area (Å²) in [4.78, 5) is 49.9. The second kappa shape index (κ2) is 18.3. The number of pyridine rings is 1. The van der Waals surface area contributed by atoms with E-state index < -0.39 is 41.2 Å². The summed E-state index contributed by atoms with van der Waals surface area (Å²) in [7, 11) is 0. The predicted octanol–water partition coefficient (Wildman–Crippen LogP) is 8.75. The highest BCUT2D eigenvalue weighted by atomic mass is 19.1. The van der Waals surface area contributed by atoms with E-state index >= 15 is 0 Å². The molecule has 2 atom stereocenters. The molecular formula is C43H59FN4O7. The number of carbonyl (C=O) groups is 3. The Morgan fingerprint density at radius 3 is 2.05 bits per heavy atom. The minimum absolute atomic E-state index is 0.168. The third-order valence-corrected chi connectivity index (χ3v) is 8.49. The lowest BCUT2D eigenvalue weighted by Crippen LogP contribution is -2.41. The minimum Gasteiger partial charge on any atom is -0.444 e. The summed E-state index contributed by atoms with van der Waals surface area (Å²) in [5.74, 6) is -0.0599. The van der Waals surface area contributed by atoms with Crippen LogP contribution in [0.1, 0.15) is 84.7 Å². The number of halogens is 1. The normalized spacial score (nSPS) is 16.1. The van der Waals surface area contributed by atoms with Gasteiger partial charge in [0.1, 0.15) is 28.4 Å². The van der Waals surface area contributed by atoms with Crippen LogP contribution in [-0.2, 0) is 38.3 Å². The number of rotatable bonds is 12. The van der Waals surface area contributed by atoms with Crippen LogP contribution >= 0.6 is 0 Å². The molecule has 0 bridgehead atoms. The van der Waals surface area contributed by atoms with Crippen molar-refractivity contribution in [2.75, 3.05) is 37.7 Å². The Balaban J connectivity index is 1.56. The van der Waals surface area contributed by atoms with Crippen molar-refractivity contribution in [2.45, 2.75) is 112 Å². The molecule has 0 saturated carbocycles. The van der Waals surface area contributed by atoms with Gasteiger partial charge in [-0.1, -0.05) is 42.5 Å². The van der Waals surface area contributed by atoms with E-state index in [-0.39, 0.29) is 38.0 Å². The number of ether oxygens (including phenoxy) is 4. The van der Waals surface area contributed by atoms with Crippen molar-refractivity contribution in [3.63, 3.8) is 0 Å². The zero-order valence-electron chi connectivity index (χ0n) is 34.2. The smallest absolute Gasteiger partial charge is 0.416 e. The second-order valence-corrected chi connectivity index (χ2v) is 17.2. The molecule has 0 N–H and O–H groups in total. The van der Waals surface area contributed by atoms with Gasteiger partial charge in [-0.25, -0.2) is 23.8 Å². The largest absolute Gasteiger partial charge is 0.444 e. The third-order valence-electron chi connectivity index (χ3n) is 8.49. The van der Waals surface area contributed by atoms with Crippen LogP contribution in [0.2, 0.25) is 0 Å². The summed E-state index contributed by atoms with van der Waals surface area (Å²) in [5, 5.41) is 0. The maximum atomic E-state index is 13.9. The molecule has 1 aliphatic rings. The second-order valence-electron chi connectivity index (χ2n) is 17.2. The zero-order valence-corrected chi connectivity index (χ0v) is 34.2. The highest BCUT2D eigenvalue weighted by molar-refractivity contribution is 5.86. The lowest BCUT2D eigenvalue weighted by atomic mass is 9.98. The van der Waals surface area contributed by atoms with Crippen LogP contribution in [0.3, 0.4) is 0 Å². The Labute approximate surface area is 326 Å². The van der Waals surface area contributed by atoms with Crippen molar-refractivity contribution < 1.29 is 37.7 Å². The minimum atomic E-state index is -0.712. The SMILES string of the molecule is Cc1cc(C[C@@H]2CN(C(=O)OC(C)(C)C)C[C@@H]2OCCN(CCc2cccc(F)c2)C(=O)OC(C)(C)C)nc(N(Cc2ccccc2)C(=O)OC(C)(C)C)c1. The van der Waals surface area contributed by atoms with E-state index in [1.165, 1.54) is 12.1 Å². The molecule has 2 heterocycles. The summed E-state index contributed by atoms with van der Waals surface area (Å²) in [5.41, 5.74) is 1.22. The number of amides is 3. The van der Waals surface area contributed by atoms with E-state index in [4.69, 9.17) is 23.9 Å². The number of anilines is 1. The Bertz CT molecular complexity index is 1750. The van der Waals surface area contributed by atoms with Crippen molar-refractivity contribution in [3.05, 3.63) is 94.9 Å². The lowest BCUT2D eigenvalue weighted by molar-refractivity contribution is -0.000927. The van der Waals surface area contributed by atoms with Crippen molar-refractivity contribution in [1.29, 1.82) is 0 Å². The first-order valence-corrected chi connectivity index (χ1v) is 19.0. The van der Waals surface area contributed by atoms with E-state index in [9.17, 15) is 18.8 Å². The van der Waals surface area contributed by atoms with Gasteiger partial charge in [0.05, 0.1) is 25.8 Å². The number of hydrogen-bond donors (Lipinski definition) is 0. The predicted molar refractivity (Wildman–Crippen MR) is 210 cm³/mol. The molecule has 2 aromatic carbocycles. The molecule has 11 nitrogen and oxygen atoms in total. The number of hydrogen-bond acceptors (Lipinski definition) is 8. The van der Waals surface area contributed by atoms with Gasteiger partial charge in [-0.15, -0.1) is 0 Å². The fourth-order valence-corrected chi connectivity index (χ4v) is 6.15. The third kappa shape index (κ3) is 14.5. The molecule has 3 aromatic rings. The number of benzene rings is 2. The highest BCUT2D eigenvalue weighted by Gasteiger charge is 2.38. The molecule has 0 radical (unpaired) electrons. The maximum Gasteiger partial charge on any atom is 0.416 e. The van der Waals surface area contributed by atoms with E-state index in [1.54, 1.807) is 41.5 Å². The summed E-state index contributed by atoms with van der Waals surface area (Å²) in [6.45, 7) is 19.9. The van der Waals surface area contributed by atoms with Crippen molar-refractivity contribution in [2.24, 2.45) is 5.92 Å². The molecule has 0 unspecified atom stereocenters. The number of carbonyl (C=O) groups excluding carboxylic acids is 3. The van der Waals surface area contributed by atoms with Gasteiger partial charge in [0, 0.05) is 31.2 Å². The molecule has 300 valence electrons. The van der Waals surface area contributed by atoms with E-state index in [0.717, 1.165) is 22.4 Å². The molecule has 3 amide bonds. The Hall–Kier alpha value is -4.71. The fourth-order valence-electron chi connectivity index (χ4n) is 6.15. The molecule has 55 heavy (non-hydrogen) atoms. The molecule has 0 aliphatic carbocycles. The van der Waals surface area contributed by atoms with Crippen molar-refractivity contribution in [1.82, 2.24) is 14.8 Å². The fraction of sp³-hybridized carbons (Fsp3) is 0.535. The Kier molecular flexibility index (Phi) is 14.3. The van der Waals surface area contributed by atoms with E-state index in [1.807, 2.05) is 97.0 Å². The van der Waals surface area contributed by atoms with Crippen LogP contribution in [0.25, 0.3) is 0 Å². The summed E-state index contributed by atoms with van der Waals surface area (Å²) in [6.07, 6.45) is -0.972. The van der Waals surface area contributed by atoms with Crippen LogP contribution < -0.4 is 4.90 Å². The first-order valence-electron chi connectivity index (χ1n) is 19.0. The van der Waals surface area contributed by atoms with Crippen LogP contribution in [-0.4, -0.2) is 88.8 Å². The molecule has 1 aliphatic heterocycles. The van der Waals surface area contributed by atoms with E-state index in [2.05, 4.69) is 0 Å². The van der Waals surface area contributed by atoms with Crippen molar-refractivity contribution in [3.8, 4) is 0 Å². The van der Waals surface area contributed by atoms with Crippen LogP contribution in [0.15, 0.2) is 66.7 Å². The molecule has 1 fully saturated rings. The maximum absolute atomic E-state index is 13.9. The molecule has 0 spiro atoms. The summed E-state index contributed by atoms with van der Waals surface area (Å²) < 4.78 is 37.6. The average molecular weight is 763 g/mol. The number of likely N-dealkylation sites (tertiary alicyclic amines) is 1. The monoisotopic (exact) mass is 762 g/mol. The zero-order chi connectivity index (χ0) is 40.6. The van der Waals surface area contributed by atoms with Crippen molar-refractivity contribution >= 4 is 24.1 Å². The number of nitrogens with zero attached hydrogens (tertiary/aromatic N) is 4. The van der Waals surface area contributed by atoms with Crippen LogP contribution in [0.4, 0.5) is 24.6 Å². The van der Waals surface area contributed by atoms with Gasteiger partial charge in [0.2, 0.25) is 0 Å². The standard InChI is InChI=1S/C43H59FN4O7/c1-30-23-35(45-37(24-30)48(40(51)55-43(8,9)10)27-32-15-12-11-13-16-32)26-33-28-47(39(50)54-42(5,6)7)29-36(33)52-22-21-46(38(49)53-41(2,3)4)20-19-31-17-14-18-34(44)25-31/h11-18,23-25,33,36H,19-22,26-29H2,1-10H3/t33-,36+/m1/s1. The van der Waals surface area contributed by atoms with Gasteiger partial charge in [0.15, 0.2) is 0 Å². The molecule has 1 aromatic heterocycles. The Morgan fingerprint density at radius 1 is 0.782 bits per heavy atom. The Morgan fingerprint density at radius 2 is 1.42 bits per heavy atom. The lowest BCUT2D eigenvalue weighted by Gasteiger charge is -2.28. The topological polar surface area (TPSA) is 111 Å². The first kappa shape index (κ1) is 43.0. The quantitative estimate of drug-likeness (QED) is 0.169. The average Bonchev–Trinajstić information content (AvgIpc) is 3.45. The van der Waals surface area contributed by atoms with Gasteiger partial charge in [-0.2, -0.15) is 0 Å². The summed E-state index contributed by atoms with van der Waals surface area (Å²) in [6, 6.07) is 19.8. The van der Waals surface area contributed by atoms with Gasteiger partial charge >= 0.3 is 18.3 Å². The van der Waals surface area contributed by atoms with Gasteiger partial charge in [-0.05, 0) is 123 Å². The molecule has 4 rings (SSSR count). The number of aromatic nitrogens is 1. The highest BCUT2D eigenvalue weighted by Crippen LogP contribution is 2.28. The van der Waals surface area contributed by atoms with Crippen LogP contribution in [0, 0.1) is 18.7 Å². The van der Waals surface area contributed by atoms with Gasteiger partial charge in [0.25, 0.3) is 0 Å². The summed E-state index contributed by atoms with van der Waals surface area (Å²) >= 11 is 0. The van der Waals surface area contributed by atoms with Crippen LogP contribution in [0.5, 0.6) is 0 Å². The van der Waals surface area contributed by atoms with Gasteiger partial charge in [-0.3, -0.25) is 4.90 Å². The van der Waals surface area contributed by atoms with E-state index in [0.29, 0.717) is 31.7 Å².